The quantitative estimate of drug-likeness (QED) is 0.504. The number of amides is 1. The van der Waals surface area contributed by atoms with Gasteiger partial charge >= 0.3 is 0 Å². The van der Waals surface area contributed by atoms with E-state index in [0.717, 1.165) is 21.5 Å². The largest absolute Gasteiger partial charge is 0.393 e. The van der Waals surface area contributed by atoms with Crippen molar-refractivity contribution in [1.29, 1.82) is 0 Å². The fraction of sp³-hybridized carbons (Fsp3) is 0.333. The summed E-state index contributed by atoms with van der Waals surface area (Å²) in [5.41, 5.74) is 1.60. The molecule has 6 nitrogen and oxygen atoms in total. The monoisotopic (exact) mass is 437 g/mol. The number of nitrogens with one attached hydrogen (secondary N) is 1. The summed E-state index contributed by atoms with van der Waals surface area (Å²) in [5.74, 6) is -0.0310. The van der Waals surface area contributed by atoms with Gasteiger partial charge < -0.3 is 19.8 Å². The number of anilines is 1. The number of aromatic nitrogens is 1. The molecule has 3 aromatic rings. The summed E-state index contributed by atoms with van der Waals surface area (Å²) in [4.78, 5) is 20.1. The average Bonchev–Trinajstić information content (AvgIpc) is 2.77. The second kappa shape index (κ2) is 9.26. The van der Waals surface area contributed by atoms with Crippen LogP contribution < -0.4 is 4.72 Å². The molecule has 4 rings (SSSR count). The van der Waals surface area contributed by atoms with Crippen LogP contribution >= 0.6 is 11.9 Å². The molecule has 1 aromatic heterocycles. The maximum absolute atomic E-state index is 12.8. The van der Waals surface area contributed by atoms with Crippen molar-refractivity contribution in [2.75, 3.05) is 17.8 Å². The highest BCUT2D eigenvalue weighted by atomic mass is 32.2. The van der Waals surface area contributed by atoms with Gasteiger partial charge in [0.2, 0.25) is 0 Å². The number of piperidine rings is 1. The van der Waals surface area contributed by atoms with Crippen molar-refractivity contribution in [1.82, 2.24) is 9.88 Å². The van der Waals surface area contributed by atoms with Crippen LogP contribution in [0.5, 0.6) is 0 Å². The SMILES string of the molecule is CC(O)CC1(O)CCN(C(=O)c2ccc(NSc3cccc4cccnc34)cc2)CC1. The predicted molar refractivity (Wildman–Crippen MR) is 124 cm³/mol. The van der Waals surface area contributed by atoms with Crippen molar-refractivity contribution in [2.24, 2.45) is 0 Å². The number of pyridine rings is 1. The van der Waals surface area contributed by atoms with Crippen molar-refractivity contribution in [3.8, 4) is 0 Å². The summed E-state index contributed by atoms with van der Waals surface area (Å²) < 4.78 is 3.32. The first-order valence-electron chi connectivity index (χ1n) is 10.5. The molecular weight excluding hydrogens is 410 g/mol. The van der Waals surface area contributed by atoms with Crippen molar-refractivity contribution in [2.45, 2.75) is 42.8 Å². The van der Waals surface area contributed by atoms with Gasteiger partial charge in [0.15, 0.2) is 0 Å². The van der Waals surface area contributed by atoms with Crippen molar-refractivity contribution >= 4 is 34.4 Å². The third kappa shape index (κ3) is 5.18. The molecule has 2 aromatic carbocycles. The number of hydrogen-bond acceptors (Lipinski definition) is 6. The van der Waals surface area contributed by atoms with Crippen LogP contribution in [0.15, 0.2) is 65.7 Å². The summed E-state index contributed by atoms with van der Waals surface area (Å²) in [6.45, 7) is 2.66. The standard InChI is InChI=1S/C24H27N3O3S/c1-17(28)16-24(30)11-14-27(15-12-24)23(29)19-7-9-20(10-8-19)26-31-21-6-2-4-18-5-3-13-25-22(18)21/h2-10,13,17,26,28,30H,11-12,14-16H2,1H3. The summed E-state index contributed by atoms with van der Waals surface area (Å²) in [7, 11) is 0. The molecule has 0 aliphatic carbocycles. The lowest BCUT2D eigenvalue weighted by Crippen LogP contribution is -2.47. The summed E-state index contributed by atoms with van der Waals surface area (Å²) >= 11 is 1.49. The van der Waals surface area contributed by atoms with Gasteiger partial charge in [-0.15, -0.1) is 0 Å². The van der Waals surface area contributed by atoms with Crippen LogP contribution in [0.1, 0.15) is 36.5 Å². The lowest BCUT2D eigenvalue weighted by atomic mass is 9.86. The highest BCUT2D eigenvalue weighted by Gasteiger charge is 2.34. The highest BCUT2D eigenvalue weighted by Crippen LogP contribution is 2.29. The van der Waals surface area contributed by atoms with Gasteiger partial charge in [-0.05, 0) is 68.1 Å². The van der Waals surface area contributed by atoms with Crippen LogP contribution in [-0.2, 0) is 0 Å². The van der Waals surface area contributed by atoms with Gasteiger partial charge in [0.05, 0.1) is 22.1 Å². The number of carbonyl (C=O) groups is 1. The number of hydrogen-bond donors (Lipinski definition) is 3. The van der Waals surface area contributed by atoms with Crippen LogP contribution in [0.25, 0.3) is 10.9 Å². The Balaban J connectivity index is 1.35. The molecule has 1 saturated heterocycles. The van der Waals surface area contributed by atoms with Gasteiger partial charge in [0.1, 0.15) is 0 Å². The molecule has 1 atom stereocenters. The lowest BCUT2D eigenvalue weighted by Gasteiger charge is -2.39. The molecule has 31 heavy (non-hydrogen) atoms. The number of aliphatic hydroxyl groups is 2. The van der Waals surface area contributed by atoms with E-state index in [0.29, 0.717) is 37.9 Å². The van der Waals surface area contributed by atoms with Gasteiger partial charge in [0.25, 0.3) is 5.91 Å². The number of carbonyl (C=O) groups excluding carboxylic acids is 1. The first kappa shape index (κ1) is 21.6. The zero-order chi connectivity index (χ0) is 21.8. The minimum absolute atomic E-state index is 0.0310. The van der Waals surface area contributed by atoms with E-state index in [1.165, 1.54) is 11.9 Å². The van der Waals surface area contributed by atoms with E-state index in [-0.39, 0.29) is 5.91 Å². The number of aliphatic hydroxyl groups excluding tert-OH is 1. The molecule has 3 N–H and O–H groups in total. The van der Waals surface area contributed by atoms with Crippen molar-refractivity contribution in [3.63, 3.8) is 0 Å². The average molecular weight is 438 g/mol. The minimum atomic E-state index is -0.883. The van der Waals surface area contributed by atoms with Gasteiger partial charge in [-0.1, -0.05) is 18.2 Å². The number of likely N-dealkylation sites (tertiary alicyclic amines) is 1. The number of benzene rings is 2. The Bertz CT molecular complexity index is 1040. The van der Waals surface area contributed by atoms with Crippen LogP contribution in [0.3, 0.4) is 0 Å². The normalized spacial score (nSPS) is 16.8. The molecule has 1 aliphatic heterocycles. The molecular formula is C24H27N3O3S. The summed E-state index contributed by atoms with van der Waals surface area (Å²) in [6.07, 6.45) is 2.56. The minimum Gasteiger partial charge on any atom is -0.393 e. The molecule has 0 radical (unpaired) electrons. The number of para-hydroxylation sites is 1. The molecule has 1 unspecified atom stereocenters. The van der Waals surface area contributed by atoms with E-state index in [2.05, 4.69) is 9.71 Å². The number of fused-ring (bicyclic) bond motifs is 1. The second-order valence-corrected chi connectivity index (χ2v) is 9.03. The zero-order valence-electron chi connectivity index (χ0n) is 17.5. The highest BCUT2D eigenvalue weighted by molar-refractivity contribution is 8.00. The Morgan fingerprint density at radius 3 is 2.58 bits per heavy atom. The van der Waals surface area contributed by atoms with Gasteiger partial charge in [0, 0.05) is 42.3 Å². The van der Waals surface area contributed by atoms with E-state index < -0.39 is 11.7 Å². The molecule has 1 amide bonds. The van der Waals surface area contributed by atoms with E-state index in [9.17, 15) is 15.0 Å². The Morgan fingerprint density at radius 2 is 1.87 bits per heavy atom. The Hall–Kier alpha value is -2.61. The summed E-state index contributed by atoms with van der Waals surface area (Å²) in [5, 5.41) is 21.2. The van der Waals surface area contributed by atoms with E-state index >= 15 is 0 Å². The maximum Gasteiger partial charge on any atom is 0.253 e. The van der Waals surface area contributed by atoms with Crippen LogP contribution in [0, 0.1) is 0 Å². The Kier molecular flexibility index (Phi) is 6.46. The van der Waals surface area contributed by atoms with E-state index in [1.54, 1.807) is 18.0 Å². The smallest absolute Gasteiger partial charge is 0.253 e. The molecule has 162 valence electrons. The Labute approximate surface area is 186 Å². The molecule has 0 spiro atoms. The molecule has 1 fully saturated rings. The number of rotatable bonds is 6. The van der Waals surface area contributed by atoms with E-state index in [1.807, 2.05) is 54.6 Å². The maximum atomic E-state index is 12.8. The van der Waals surface area contributed by atoms with Gasteiger partial charge in [-0.2, -0.15) is 0 Å². The fourth-order valence-corrected chi connectivity index (χ4v) is 4.79. The van der Waals surface area contributed by atoms with Crippen LogP contribution in [0.2, 0.25) is 0 Å². The zero-order valence-corrected chi connectivity index (χ0v) is 18.3. The van der Waals surface area contributed by atoms with Gasteiger partial charge in [-0.25, -0.2) is 0 Å². The molecule has 0 bridgehead atoms. The van der Waals surface area contributed by atoms with Crippen LogP contribution in [0.4, 0.5) is 5.69 Å². The third-order valence-corrected chi connectivity index (χ3v) is 6.55. The topological polar surface area (TPSA) is 85.7 Å². The van der Waals surface area contributed by atoms with Crippen LogP contribution in [-0.4, -0.2) is 50.8 Å². The number of nitrogens with zero attached hydrogens (tertiary/aromatic N) is 2. The molecule has 7 heteroatoms. The lowest BCUT2D eigenvalue weighted by molar-refractivity contribution is -0.0466. The molecule has 2 heterocycles. The van der Waals surface area contributed by atoms with Gasteiger partial charge in [-0.3, -0.25) is 9.78 Å². The third-order valence-electron chi connectivity index (χ3n) is 5.66. The molecule has 1 aliphatic rings. The molecule has 0 saturated carbocycles. The van der Waals surface area contributed by atoms with E-state index in [4.69, 9.17) is 0 Å². The summed E-state index contributed by atoms with van der Waals surface area (Å²) in [6, 6.07) is 17.5. The van der Waals surface area contributed by atoms with Crippen molar-refractivity contribution in [3.05, 3.63) is 66.4 Å². The fourth-order valence-electron chi connectivity index (χ4n) is 4.02. The second-order valence-electron chi connectivity index (χ2n) is 8.18. The van der Waals surface area contributed by atoms with Crippen molar-refractivity contribution < 1.29 is 15.0 Å². The first-order chi connectivity index (χ1) is 14.9. The first-order valence-corrected chi connectivity index (χ1v) is 11.3. The Morgan fingerprint density at radius 1 is 1.16 bits per heavy atom. The predicted octanol–water partition coefficient (Wildman–Crippen LogP) is 4.09.